The molecular weight excluding hydrogens is 348 g/mol. The molecule has 0 amide bonds. The maximum absolute atomic E-state index is 12.0. The van der Waals surface area contributed by atoms with E-state index in [0.29, 0.717) is 30.2 Å². The molecule has 0 saturated heterocycles. The van der Waals surface area contributed by atoms with Crippen molar-refractivity contribution < 1.29 is 9.53 Å². The number of nitrogens with zero attached hydrogens (tertiary/aromatic N) is 2. The molecule has 0 radical (unpaired) electrons. The van der Waals surface area contributed by atoms with Crippen molar-refractivity contribution in [3.05, 3.63) is 42.7 Å². The molecule has 0 spiro atoms. The molecular formula is C24H24N2O2. The fraction of sp³-hybridized carbons (Fsp3) is 0.500. The Bertz CT molecular complexity index is 1060. The Morgan fingerprint density at radius 1 is 1.04 bits per heavy atom. The Kier molecular flexibility index (Phi) is 2.87. The van der Waals surface area contributed by atoms with Crippen molar-refractivity contribution in [2.45, 2.75) is 25.3 Å². The van der Waals surface area contributed by atoms with Gasteiger partial charge in [-0.05, 0) is 66.4 Å². The van der Waals surface area contributed by atoms with E-state index in [4.69, 9.17) is 4.74 Å². The number of para-hydroxylation sites is 1. The quantitative estimate of drug-likeness (QED) is 0.639. The molecule has 2 aromatic heterocycles. The Labute approximate surface area is 163 Å². The number of aromatic nitrogens is 2. The number of rotatable bonds is 3. The van der Waals surface area contributed by atoms with Crippen LogP contribution in [-0.2, 0) is 9.53 Å². The number of ether oxygens (including phenoxy) is 1. The first-order valence-electron chi connectivity index (χ1n) is 10.7. The third-order valence-electron chi connectivity index (χ3n) is 8.94. The van der Waals surface area contributed by atoms with Crippen LogP contribution < -0.4 is 0 Å². The van der Waals surface area contributed by atoms with Crippen LogP contribution in [0.4, 0.5) is 0 Å². The largest absolute Gasteiger partial charge is 0.469 e. The van der Waals surface area contributed by atoms with Crippen molar-refractivity contribution in [2.24, 2.45) is 41.4 Å². The van der Waals surface area contributed by atoms with E-state index >= 15 is 0 Å². The smallest absolute Gasteiger partial charge is 0.305 e. The Morgan fingerprint density at radius 2 is 1.82 bits per heavy atom. The topological polar surface area (TPSA) is 44.1 Å². The van der Waals surface area contributed by atoms with Crippen molar-refractivity contribution in [1.29, 1.82) is 0 Å². The minimum absolute atomic E-state index is 0.0190. The molecule has 2 heterocycles. The highest BCUT2D eigenvalue weighted by molar-refractivity contribution is 6.07. The predicted molar refractivity (Wildman–Crippen MR) is 107 cm³/mol. The second kappa shape index (κ2) is 5.16. The van der Waals surface area contributed by atoms with Crippen molar-refractivity contribution in [1.82, 2.24) is 9.55 Å². The minimum Gasteiger partial charge on any atom is -0.469 e. The van der Waals surface area contributed by atoms with Crippen LogP contribution >= 0.6 is 0 Å². The summed E-state index contributed by atoms with van der Waals surface area (Å²) in [5.41, 5.74) is 2.62. The van der Waals surface area contributed by atoms with E-state index in [1.54, 1.807) is 0 Å². The predicted octanol–water partition coefficient (Wildman–Crippen LogP) is 4.44. The summed E-state index contributed by atoms with van der Waals surface area (Å²) < 4.78 is 7.63. The van der Waals surface area contributed by atoms with Gasteiger partial charge in [-0.25, -0.2) is 0 Å². The van der Waals surface area contributed by atoms with Gasteiger partial charge in [0.2, 0.25) is 0 Å². The van der Waals surface area contributed by atoms with Crippen LogP contribution in [0.3, 0.4) is 0 Å². The van der Waals surface area contributed by atoms with Crippen LogP contribution in [0.1, 0.15) is 25.3 Å². The monoisotopic (exact) mass is 372 g/mol. The number of fused-ring (bicyclic) bond motifs is 4. The highest BCUT2D eigenvalue weighted by Gasteiger charge is 2.74. The van der Waals surface area contributed by atoms with Crippen LogP contribution in [-0.4, -0.2) is 22.6 Å². The molecule has 8 rings (SSSR count). The number of carbonyl (C=O) groups excluding carboxylic acids is 1. The van der Waals surface area contributed by atoms with Gasteiger partial charge in [0, 0.05) is 34.9 Å². The average Bonchev–Trinajstić information content (AvgIpc) is 3.06. The minimum atomic E-state index is -0.0190. The van der Waals surface area contributed by atoms with Gasteiger partial charge in [-0.3, -0.25) is 9.78 Å². The van der Waals surface area contributed by atoms with E-state index in [1.165, 1.54) is 41.8 Å². The average molecular weight is 372 g/mol. The SMILES string of the molecule is COC(=O)CC1C2C3CC4C3CC(n3c5ccccc5c5ccncc53)C2C41. The van der Waals surface area contributed by atoms with Gasteiger partial charge >= 0.3 is 5.97 Å². The summed E-state index contributed by atoms with van der Waals surface area (Å²) in [4.78, 5) is 16.5. The Morgan fingerprint density at radius 3 is 2.64 bits per heavy atom. The highest BCUT2D eigenvalue weighted by Crippen LogP contribution is 2.79. The summed E-state index contributed by atoms with van der Waals surface area (Å²) in [6.45, 7) is 0. The second-order valence-corrected chi connectivity index (χ2v) is 9.49. The fourth-order valence-corrected chi connectivity index (χ4v) is 8.14. The van der Waals surface area contributed by atoms with E-state index in [9.17, 15) is 4.79 Å². The molecule has 5 aliphatic rings. The van der Waals surface area contributed by atoms with Crippen LogP contribution in [0.5, 0.6) is 0 Å². The number of esters is 1. The van der Waals surface area contributed by atoms with Gasteiger partial charge < -0.3 is 9.30 Å². The standard InChI is InChI=1S/C24H24N2O2/c1-28-21(27)10-17-22-15-8-16-14(15)9-19(24(22)23(16)17)26-18-5-3-2-4-12(18)13-6-7-25-11-20(13)26/h2-7,11,14-17,19,22-24H,8-10H2,1H3. The molecule has 4 heteroatoms. The normalized spacial score (nSPS) is 39.6. The van der Waals surface area contributed by atoms with Crippen LogP contribution in [0.25, 0.3) is 21.8 Å². The summed E-state index contributed by atoms with van der Waals surface area (Å²) in [5.74, 6) is 5.28. The molecule has 6 bridgehead atoms. The van der Waals surface area contributed by atoms with Gasteiger partial charge in [0.15, 0.2) is 0 Å². The lowest BCUT2D eigenvalue weighted by Gasteiger charge is -2.78. The Balaban J connectivity index is 1.36. The highest BCUT2D eigenvalue weighted by atomic mass is 16.5. The number of carbonyl (C=O) groups is 1. The molecule has 1 aromatic carbocycles. The zero-order valence-electron chi connectivity index (χ0n) is 16.0. The number of hydrogen-bond donors (Lipinski definition) is 0. The van der Waals surface area contributed by atoms with Gasteiger partial charge in [0.1, 0.15) is 0 Å². The summed E-state index contributed by atoms with van der Waals surface area (Å²) in [7, 11) is 1.53. The van der Waals surface area contributed by atoms with E-state index < -0.39 is 0 Å². The lowest BCUT2D eigenvalue weighted by molar-refractivity contribution is -0.301. The molecule has 3 aromatic rings. The number of hydrogen-bond acceptors (Lipinski definition) is 3. The zero-order chi connectivity index (χ0) is 18.6. The van der Waals surface area contributed by atoms with Crippen LogP contribution in [0.15, 0.2) is 42.7 Å². The van der Waals surface area contributed by atoms with Crippen molar-refractivity contribution >= 4 is 27.8 Å². The van der Waals surface area contributed by atoms with Gasteiger partial charge in [-0.15, -0.1) is 0 Å². The van der Waals surface area contributed by atoms with E-state index in [2.05, 4.69) is 46.1 Å². The molecule has 5 atom stereocenters. The number of pyridine rings is 1. The van der Waals surface area contributed by atoms with Crippen molar-refractivity contribution in [2.75, 3.05) is 7.11 Å². The lowest BCUT2D eigenvalue weighted by Crippen LogP contribution is -2.73. The molecule has 5 aliphatic carbocycles. The Hall–Kier alpha value is -2.36. The van der Waals surface area contributed by atoms with E-state index in [0.717, 1.165) is 23.7 Å². The molecule has 5 unspecified atom stereocenters. The first-order chi connectivity index (χ1) is 13.8. The van der Waals surface area contributed by atoms with Crippen LogP contribution in [0.2, 0.25) is 0 Å². The maximum atomic E-state index is 12.0. The zero-order valence-corrected chi connectivity index (χ0v) is 16.0. The third kappa shape index (κ3) is 1.65. The van der Waals surface area contributed by atoms with Crippen molar-refractivity contribution in [3.8, 4) is 0 Å². The fourth-order valence-electron chi connectivity index (χ4n) is 8.14. The molecule has 5 fully saturated rings. The first-order valence-corrected chi connectivity index (χ1v) is 10.7. The first kappa shape index (κ1) is 15.5. The number of methoxy groups -OCH3 is 1. The van der Waals surface area contributed by atoms with Gasteiger partial charge in [-0.2, -0.15) is 0 Å². The third-order valence-corrected chi connectivity index (χ3v) is 8.94. The second-order valence-electron chi connectivity index (χ2n) is 9.49. The van der Waals surface area contributed by atoms with Crippen LogP contribution in [0, 0.1) is 41.4 Å². The van der Waals surface area contributed by atoms with E-state index in [1.807, 2.05) is 6.20 Å². The summed E-state index contributed by atoms with van der Waals surface area (Å²) in [5, 5.41) is 2.66. The van der Waals surface area contributed by atoms with Crippen molar-refractivity contribution in [3.63, 3.8) is 0 Å². The molecule has 28 heavy (non-hydrogen) atoms. The summed E-state index contributed by atoms with van der Waals surface area (Å²) in [6, 6.07) is 11.5. The lowest BCUT2D eigenvalue weighted by atomic mass is 9.27. The molecule has 142 valence electrons. The molecule has 0 N–H and O–H groups in total. The molecule has 4 nitrogen and oxygen atoms in total. The number of benzene rings is 1. The molecule has 5 saturated carbocycles. The molecule has 0 aliphatic heterocycles. The van der Waals surface area contributed by atoms with Gasteiger partial charge in [-0.1, -0.05) is 18.2 Å². The maximum Gasteiger partial charge on any atom is 0.305 e. The summed E-state index contributed by atoms with van der Waals surface area (Å²) >= 11 is 0. The van der Waals surface area contributed by atoms with Gasteiger partial charge in [0.05, 0.1) is 18.8 Å². The van der Waals surface area contributed by atoms with E-state index in [-0.39, 0.29) is 5.97 Å². The van der Waals surface area contributed by atoms with Gasteiger partial charge in [0.25, 0.3) is 0 Å². The summed E-state index contributed by atoms with van der Waals surface area (Å²) in [6.07, 6.45) is 7.31.